The van der Waals surface area contributed by atoms with Gasteiger partial charge in [-0.2, -0.15) is 0 Å². The molecule has 17 heavy (non-hydrogen) atoms. The zero-order valence-corrected chi connectivity index (χ0v) is 9.74. The van der Waals surface area contributed by atoms with Crippen LogP contribution >= 0.6 is 0 Å². The molecule has 2 heterocycles. The summed E-state index contributed by atoms with van der Waals surface area (Å²) in [5.74, 6) is 0. The summed E-state index contributed by atoms with van der Waals surface area (Å²) >= 11 is 0. The lowest BCUT2D eigenvalue weighted by atomic mass is 10.2. The second-order valence-electron chi connectivity index (χ2n) is 3.78. The molecule has 5 heteroatoms. The molecule has 2 N–H and O–H groups in total. The third-order valence-corrected chi connectivity index (χ3v) is 2.43. The maximum Gasteiger partial charge on any atom is 0.136 e. The highest BCUT2D eigenvalue weighted by Gasteiger charge is 2.07. The van der Waals surface area contributed by atoms with Crippen LogP contribution in [-0.4, -0.2) is 35.3 Å². The SMILES string of the molecule is OC[C@@H]1CCC=CO1.ON=C[C@@H]1CCC=CO1. The number of rotatable bonds is 2. The van der Waals surface area contributed by atoms with E-state index in [0.29, 0.717) is 0 Å². The Kier molecular flexibility index (Phi) is 6.90. The summed E-state index contributed by atoms with van der Waals surface area (Å²) in [6.45, 7) is 0.143. The molecule has 0 radical (unpaired) electrons. The summed E-state index contributed by atoms with van der Waals surface area (Å²) in [4.78, 5) is 0. The van der Waals surface area contributed by atoms with Crippen molar-refractivity contribution in [3.05, 3.63) is 24.7 Å². The van der Waals surface area contributed by atoms with Crippen molar-refractivity contribution in [2.75, 3.05) is 6.61 Å². The van der Waals surface area contributed by atoms with Crippen LogP contribution in [0.2, 0.25) is 0 Å². The number of hydrogen-bond donors (Lipinski definition) is 2. The predicted octanol–water partition coefficient (Wildman–Crippen LogP) is 1.81. The molecule has 5 nitrogen and oxygen atoms in total. The zero-order chi connectivity index (χ0) is 12.3. The number of ether oxygens (including phenoxy) is 2. The minimum absolute atomic E-state index is 0.0278. The first-order valence-electron chi connectivity index (χ1n) is 5.76. The Hall–Kier alpha value is -1.49. The van der Waals surface area contributed by atoms with E-state index in [1.807, 2.05) is 12.2 Å². The average Bonchev–Trinajstić information content (AvgIpc) is 2.42. The Morgan fingerprint density at radius 1 is 1.18 bits per heavy atom. The number of hydrogen-bond acceptors (Lipinski definition) is 5. The minimum Gasteiger partial charge on any atom is -0.496 e. The first-order valence-corrected chi connectivity index (χ1v) is 5.76. The van der Waals surface area contributed by atoms with E-state index in [1.54, 1.807) is 12.5 Å². The molecule has 0 aromatic heterocycles. The average molecular weight is 241 g/mol. The summed E-state index contributed by atoms with van der Waals surface area (Å²) in [5, 5.41) is 19.5. The summed E-state index contributed by atoms with van der Waals surface area (Å²) in [6, 6.07) is 0. The molecule has 96 valence electrons. The molecule has 0 aliphatic carbocycles. The Labute approximate surface area is 101 Å². The highest BCUT2D eigenvalue weighted by molar-refractivity contribution is 5.62. The Balaban J connectivity index is 0.000000171. The number of aliphatic hydroxyl groups is 1. The van der Waals surface area contributed by atoms with Gasteiger partial charge in [0.1, 0.15) is 12.2 Å². The maximum atomic E-state index is 8.53. The molecular weight excluding hydrogens is 222 g/mol. The first-order chi connectivity index (χ1) is 8.36. The zero-order valence-electron chi connectivity index (χ0n) is 9.74. The second kappa shape index (κ2) is 8.64. The van der Waals surface area contributed by atoms with Gasteiger partial charge in [0.05, 0.1) is 25.3 Å². The topological polar surface area (TPSA) is 71.3 Å². The first kappa shape index (κ1) is 13.6. The van der Waals surface area contributed by atoms with Gasteiger partial charge in [0, 0.05) is 0 Å². The largest absolute Gasteiger partial charge is 0.496 e. The Bertz CT molecular complexity index is 276. The van der Waals surface area contributed by atoms with Crippen LogP contribution in [-0.2, 0) is 9.47 Å². The van der Waals surface area contributed by atoms with E-state index in [0.717, 1.165) is 25.7 Å². The van der Waals surface area contributed by atoms with Gasteiger partial charge in [-0.25, -0.2) is 0 Å². The van der Waals surface area contributed by atoms with Crippen molar-refractivity contribution in [3.63, 3.8) is 0 Å². The molecule has 0 saturated carbocycles. The molecule has 0 spiro atoms. The van der Waals surface area contributed by atoms with Crippen LogP contribution < -0.4 is 0 Å². The van der Waals surface area contributed by atoms with Gasteiger partial charge in [-0.3, -0.25) is 0 Å². The summed E-state index contributed by atoms with van der Waals surface area (Å²) in [7, 11) is 0. The quantitative estimate of drug-likeness (QED) is 0.439. The highest BCUT2D eigenvalue weighted by Crippen LogP contribution is 2.08. The van der Waals surface area contributed by atoms with Crippen LogP contribution in [0, 0.1) is 0 Å². The van der Waals surface area contributed by atoms with E-state index in [-0.39, 0.29) is 18.8 Å². The van der Waals surface area contributed by atoms with E-state index in [4.69, 9.17) is 19.8 Å². The Morgan fingerprint density at radius 2 is 1.88 bits per heavy atom. The third-order valence-electron chi connectivity index (χ3n) is 2.43. The van der Waals surface area contributed by atoms with Crippen molar-refractivity contribution in [1.29, 1.82) is 0 Å². The molecule has 0 fully saturated rings. The number of allylic oxidation sites excluding steroid dienone is 2. The number of aliphatic hydroxyl groups excluding tert-OH is 1. The molecule has 0 aromatic carbocycles. The molecule has 0 aromatic rings. The Morgan fingerprint density at radius 3 is 2.29 bits per heavy atom. The fourth-order valence-corrected chi connectivity index (χ4v) is 1.46. The molecule has 2 aliphatic rings. The minimum atomic E-state index is -0.0278. The van der Waals surface area contributed by atoms with Gasteiger partial charge in [-0.05, 0) is 37.8 Å². The van der Waals surface area contributed by atoms with E-state index in [2.05, 4.69) is 5.16 Å². The lowest BCUT2D eigenvalue weighted by Crippen LogP contribution is -2.16. The number of nitrogens with zero attached hydrogens (tertiary/aromatic N) is 1. The van der Waals surface area contributed by atoms with Crippen LogP contribution in [0.5, 0.6) is 0 Å². The standard InChI is InChI=1S/C6H9NO2.C6H10O2/c8-7-5-6-3-1-2-4-9-6;7-5-6-3-1-2-4-8-6/h2,4-6,8H,1,3H2;2,4,6-7H,1,3,5H2/t2*6-/m00/s1. The van der Waals surface area contributed by atoms with Crippen LogP contribution in [0.25, 0.3) is 0 Å². The van der Waals surface area contributed by atoms with Crippen molar-refractivity contribution >= 4 is 6.21 Å². The molecule has 2 aliphatic heterocycles. The molecule has 2 rings (SSSR count). The van der Waals surface area contributed by atoms with Gasteiger partial charge in [0.2, 0.25) is 0 Å². The van der Waals surface area contributed by atoms with Gasteiger partial charge in [0.25, 0.3) is 0 Å². The number of oxime groups is 1. The molecule has 0 unspecified atom stereocenters. The predicted molar refractivity (Wildman–Crippen MR) is 63.9 cm³/mol. The third kappa shape index (κ3) is 5.97. The van der Waals surface area contributed by atoms with Gasteiger partial charge < -0.3 is 19.8 Å². The normalized spacial score (nSPS) is 26.9. The van der Waals surface area contributed by atoms with Crippen molar-refractivity contribution in [3.8, 4) is 0 Å². The van der Waals surface area contributed by atoms with E-state index >= 15 is 0 Å². The monoisotopic (exact) mass is 241 g/mol. The van der Waals surface area contributed by atoms with Crippen molar-refractivity contribution < 1.29 is 19.8 Å². The molecule has 0 bridgehead atoms. The van der Waals surface area contributed by atoms with Gasteiger partial charge in [0.15, 0.2) is 0 Å². The van der Waals surface area contributed by atoms with Gasteiger partial charge >= 0.3 is 0 Å². The van der Waals surface area contributed by atoms with Crippen molar-refractivity contribution in [2.24, 2.45) is 5.16 Å². The highest BCUT2D eigenvalue weighted by atomic mass is 16.5. The smallest absolute Gasteiger partial charge is 0.136 e. The van der Waals surface area contributed by atoms with E-state index in [1.165, 1.54) is 6.21 Å². The van der Waals surface area contributed by atoms with Crippen LogP contribution in [0.4, 0.5) is 0 Å². The van der Waals surface area contributed by atoms with Crippen molar-refractivity contribution in [1.82, 2.24) is 0 Å². The van der Waals surface area contributed by atoms with Gasteiger partial charge in [-0.1, -0.05) is 5.16 Å². The second-order valence-corrected chi connectivity index (χ2v) is 3.78. The fourth-order valence-electron chi connectivity index (χ4n) is 1.46. The maximum absolute atomic E-state index is 8.53. The molecule has 0 saturated heterocycles. The fraction of sp³-hybridized carbons (Fsp3) is 0.583. The lowest BCUT2D eigenvalue weighted by molar-refractivity contribution is 0.0634. The van der Waals surface area contributed by atoms with Crippen LogP contribution in [0.3, 0.4) is 0 Å². The molecular formula is C12H19NO4. The lowest BCUT2D eigenvalue weighted by Gasteiger charge is -2.15. The summed E-state index contributed by atoms with van der Waals surface area (Å²) in [5.41, 5.74) is 0. The molecule has 2 atom stereocenters. The molecule has 0 amide bonds. The van der Waals surface area contributed by atoms with E-state index < -0.39 is 0 Å². The van der Waals surface area contributed by atoms with Gasteiger partial charge in [-0.15, -0.1) is 0 Å². The summed E-state index contributed by atoms with van der Waals surface area (Å²) < 4.78 is 10.0. The van der Waals surface area contributed by atoms with Crippen molar-refractivity contribution in [2.45, 2.75) is 37.9 Å². The summed E-state index contributed by atoms with van der Waals surface area (Å²) in [6.07, 6.45) is 12.5. The van der Waals surface area contributed by atoms with Crippen LogP contribution in [0.15, 0.2) is 29.8 Å². The van der Waals surface area contributed by atoms with Crippen LogP contribution in [0.1, 0.15) is 25.7 Å². The van der Waals surface area contributed by atoms with E-state index in [9.17, 15) is 0 Å².